The minimum absolute atomic E-state index is 0.0220. The van der Waals surface area contributed by atoms with E-state index in [1.54, 1.807) is 6.92 Å². The molecule has 1 unspecified atom stereocenters. The molecule has 1 aromatic heterocycles. The molecule has 3 N–H and O–H groups in total. The summed E-state index contributed by atoms with van der Waals surface area (Å²) in [6.07, 6.45) is 2.58. The second-order valence-electron chi connectivity index (χ2n) is 4.92. The van der Waals surface area contributed by atoms with E-state index in [1.807, 2.05) is 13.8 Å². The maximum absolute atomic E-state index is 12.5. The third-order valence-electron chi connectivity index (χ3n) is 3.22. The molecular formula is C13H26N4O2S. The van der Waals surface area contributed by atoms with Crippen LogP contribution in [0.4, 0.5) is 0 Å². The molecule has 1 heterocycles. The van der Waals surface area contributed by atoms with E-state index in [0.29, 0.717) is 17.9 Å². The molecule has 1 rings (SSSR count). The number of aromatic amines is 1. The summed E-state index contributed by atoms with van der Waals surface area (Å²) < 4.78 is 27.9. The Hall–Kier alpha value is -0.920. The molecule has 0 saturated heterocycles. The number of aromatic nitrogens is 2. The van der Waals surface area contributed by atoms with Gasteiger partial charge in [0.15, 0.2) is 0 Å². The Bertz CT molecular complexity index is 510. The number of nitrogens with one attached hydrogen (secondary N) is 3. The maximum Gasteiger partial charge on any atom is 0.244 e. The van der Waals surface area contributed by atoms with Crippen molar-refractivity contribution in [3.63, 3.8) is 0 Å². The average molecular weight is 302 g/mol. The van der Waals surface area contributed by atoms with E-state index in [1.165, 1.54) is 0 Å². The summed E-state index contributed by atoms with van der Waals surface area (Å²) in [6.45, 7) is 8.97. The van der Waals surface area contributed by atoms with E-state index >= 15 is 0 Å². The van der Waals surface area contributed by atoms with Crippen molar-refractivity contribution in [2.45, 2.75) is 64.4 Å². The van der Waals surface area contributed by atoms with Crippen LogP contribution < -0.4 is 10.0 Å². The molecule has 0 spiro atoms. The molecule has 0 aliphatic rings. The highest BCUT2D eigenvalue weighted by atomic mass is 32.2. The number of sulfonamides is 1. The predicted octanol–water partition coefficient (Wildman–Crippen LogP) is 1.68. The molecule has 1 aromatic rings. The fourth-order valence-corrected chi connectivity index (χ4v) is 3.88. The van der Waals surface area contributed by atoms with Gasteiger partial charge in [-0.05, 0) is 26.3 Å². The third kappa shape index (κ3) is 4.29. The molecule has 116 valence electrons. The van der Waals surface area contributed by atoms with E-state index < -0.39 is 10.0 Å². The Balaban J connectivity index is 2.99. The molecule has 6 nitrogen and oxygen atoms in total. The third-order valence-corrected chi connectivity index (χ3v) is 4.95. The van der Waals surface area contributed by atoms with Gasteiger partial charge in [0.2, 0.25) is 10.0 Å². The van der Waals surface area contributed by atoms with Gasteiger partial charge in [-0.25, -0.2) is 13.1 Å². The molecule has 0 radical (unpaired) electrons. The van der Waals surface area contributed by atoms with Crippen molar-refractivity contribution in [2.24, 2.45) is 0 Å². The van der Waals surface area contributed by atoms with Crippen LogP contribution in [0, 0.1) is 6.92 Å². The highest BCUT2D eigenvalue weighted by molar-refractivity contribution is 7.89. The zero-order valence-electron chi connectivity index (χ0n) is 12.8. The van der Waals surface area contributed by atoms with Crippen LogP contribution in [0.5, 0.6) is 0 Å². The lowest BCUT2D eigenvalue weighted by Crippen LogP contribution is -2.35. The molecule has 7 heteroatoms. The Morgan fingerprint density at radius 1 is 1.30 bits per heavy atom. The van der Waals surface area contributed by atoms with Crippen LogP contribution in [0.25, 0.3) is 0 Å². The van der Waals surface area contributed by atoms with Gasteiger partial charge in [-0.3, -0.25) is 5.10 Å². The van der Waals surface area contributed by atoms with Crippen molar-refractivity contribution in [1.82, 2.24) is 20.2 Å². The molecular weight excluding hydrogens is 276 g/mol. The molecule has 0 aromatic carbocycles. The maximum atomic E-state index is 12.5. The summed E-state index contributed by atoms with van der Waals surface area (Å²) >= 11 is 0. The lowest BCUT2D eigenvalue weighted by atomic mass is 10.1. The van der Waals surface area contributed by atoms with Gasteiger partial charge in [0.1, 0.15) is 4.90 Å². The predicted molar refractivity (Wildman–Crippen MR) is 80.0 cm³/mol. The first-order chi connectivity index (χ1) is 9.46. The van der Waals surface area contributed by atoms with Crippen molar-refractivity contribution < 1.29 is 8.42 Å². The number of hydrogen-bond donors (Lipinski definition) is 3. The van der Waals surface area contributed by atoms with Crippen molar-refractivity contribution in [3.05, 3.63) is 11.4 Å². The summed E-state index contributed by atoms with van der Waals surface area (Å²) in [5.74, 6) is 0. The van der Waals surface area contributed by atoms with Crippen molar-refractivity contribution in [2.75, 3.05) is 6.54 Å². The Morgan fingerprint density at radius 2 is 2.00 bits per heavy atom. The molecule has 0 amide bonds. The van der Waals surface area contributed by atoms with Crippen LogP contribution in [-0.4, -0.2) is 31.2 Å². The van der Waals surface area contributed by atoms with E-state index in [2.05, 4.69) is 27.2 Å². The largest absolute Gasteiger partial charge is 0.311 e. The van der Waals surface area contributed by atoms with Crippen molar-refractivity contribution in [3.8, 4) is 0 Å². The van der Waals surface area contributed by atoms with Gasteiger partial charge in [-0.15, -0.1) is 0 Å². The van der Waals surface area contributed by atoms with Crippen LogP contribution in [0.15, 0.2) is 4.90 Å². The van der Waals surface area contributed by atoms with Crippen LogP contribution in [0.2, 0.25) is 0 Å². The molecule has 0 aliphatic heterocycles. The van der Waals surface area contributed by atoms with Gasteiger partial charge in [0, 0.05) is 12.6 Å². The van der Waals surface area contributed by atoms with Gasteiger partial charge >= 0.3 is 0 Å². The minimum Gasteiger partial charge on any atom is -0.311 e. The quantitative estimate of drug-likeness (QED) is 0.648. The summed E-state index contributed by atoms with van der Waals surface area (Å²) in [7, 11) is -3.53. The van der Waals surface area contributed by atoms with E-state index in [0.717, 1.165) is 25.8 Å². The van der Waals surface area contributed by atoms with Gasteiger partial charge in [0.05, 0.1) is 11.4 Å². The number of H-pyrrole nitrogens is 1. The minimum atomic E-state index is -3.53. The number of nitrogens with zero attached hydrogens (tertiary/aromatic N) is 1. The Labute approximate surface area is 121 Å². The lowest BCUT2D eigenvalue weighted by molar-refractivity contribution is 0.511. The number of hydrogen-bond acceptors (Lipinski definition) is 4. The van der Waals surface area contributed by atoms with Gasteiger partial charge in [-0.2, -0.15) is 5.10 Å². The Morgan fingerprint density at radius 3 is 2.55 bits per heavy atom. The average Bonchev–Trinajstić information content (AvgIpc) is 2.77. The topological polar surface area (TPSA) is 86.9 Å². The zero-order valence-corrected chi connectivity index (χ0v) is 13.6. The van der Waals surface area contributed by atoms with Gasteiger partial charge in [-0.1, -0.05) is 27.2 Å². The highest BCUT2D eigenvalue weighted by Gasteiger charge is 2.26. The van der Waals surface area contributed by atoms with E-state index in [-0.39, 0.29) is 10.9 Å². The van der Waals surface area contributed by atoms with E-state index in [9.17, 15) is 8.42 Å². The molecule has 0 aliphatic carbocycles. The smallest absolute Gasteiger partial charge is 0.244 e. The first-order valence-electron chi connectivity index (χ1n) is 7.23. The highest BCUT2D eigenvalue weighted by Crippen LogP contribution is 2.19. The van der Waals surface area contributed by atoms with Gasteiger partial charge < -0.3 is 5.32 Å². The molecule has 0 saturated carbocycles. The normalized spacial score (nSPS) is 13.6. The summed E-state index contributed by atoms with van der Waals surface area (Å²) in [5, 5.41) is 9.97. The van der Waals surface area contributed by atoms with Crippen molar-refractivity contribution >= 4 is 10.0 Å². The first kappa shape index (κ1) is 17.1. The fraction of sp³-hybridized carbons (Fsp3) is 0.769. The number of aryl methyl sites for hydroxylation is 1. The second kappa shape index (κ2) is 7.75. The SMILES string of the molecule is CCCC(CC)NS(=O)(=O)c1c(CNCC)n[nH]c1C. The lowest BCUT2D eigenvalue weighted by Gasteiger charge is -2.16. The zero-order chi connectivity index (χ0) is 15.2. The fourth-order valence-electron chi connectivity index (χ4n) is 2.16. The monoisotopic (exact) mass is 302 g/mol. The van der Waals surface area contributed by atoms with Crippen LogP contribution in [-0.2, 0) is 16.6 Å². The number of rotatable bonds is 9. The van der Waals surface area contributed by atoms with Gasteiger partial charge in [0.25, 0.3) is 0 Å². The Kier molecular flexibility index (Phi) is 6.64. The molecule has 20 heavy (non-hydrogen) atoms. The molecule has 0 fully saturated rings. The molecule has 0 bridgehead atoms. The summed E-state index contributed by atoms with van der Waals surface area (Å²) in [5.41, 5.74) is 1.12. The van der Waals surface area contributed by atoms with Crippen LogP contribution in [0.3, 0.4) is 0 Å². The summed E-state index contributed by atoms with van der Waals surface area (Å²) in [4.78, 5) is 0.285. The van der Waals surface area contributed by atoms with Crippen molar-refractivity contribution in [1.29, 1.82) is 0 Å². The second-order valence-corrected chi connectivity index (χ2v) is 6.57. The summed E-state index contributed by atoms with van der Waals surface area (Å²) in [6, 6.07) is -0.0220. The van der Waals surface area contributed by atoms with E-state index in [4.69, 9.17) is 0 Å². The van der Waals surface area contributed by atoms with Crippen LogP contribution >= 0.6 is 0 Å². The molecule has 1 atom stereocenters. The van der Waals surface area contributed by atoms with Crippen LogP contribution in [0.1, 0.15) is 51.4 Å². The first-order valence-corrected chi connectivity index (χ1v) is 8.71. The standard InChI is InChI=1S/C13H26N4O2S/c1-5-8-11(6-2)17-20(18,19)13-10(4)15-16-12(13)9-14-7-3/h11,14,17H,5-9H2,1-4H3,(H,15,16).